The van der Waals surface area contributed by atoms with Crippen molar-refractivity contribution < 1.29 is 4.94 Å². The highest BCUT2D eigenvalue weighted by Gasteiger charge is 2.18. The van der Waals surface area contributed by atoms with Crippen molar-refractivity contribution in [3.63, 3.8) is 0 Å². The van der Waals surface area contributed by atoms with Gasteiger partial charge in [-0.2, -0.15) is 5.48 Å². The van der Waals surface area contributed by atoms with E-state index in [0.29, 0.717) is 5.23 Å². The van der Waals surface area contributed by atoms with Crippen LogP contribution in [0.2, 0.25) is 0 Å². The van der Waals surface area contributed by atoms with Crippen molar-refractivity contribution in [1.82, 2.24) is 16.0 Å². The Kier molecular flexibility index (Phi) is 4.05. The number of likely N-dealkylation sites (N-methyl/N-ethyl adjacent to an activating group) is 1. The van der Waals surface area contributed by atoms with Crippen molar-refractivity contribution in [1.29, 1.82) is 0 Å². The topological polar surface area (TPSA) is 59.6 Å². The van der Waals surface area contributed by atoms with Crippen molar-refractivity contribution >= 4 is 0 Å². The lowest BCUT2D eigenvalue weighted by molar-refractivity contribution is -0.176. The van der Waals surface area contributed by atoms with Crippen molar-refractivity contribution in [2.24, 2.45) is 0 Å². The van der Waals surface area contributed by atoms with Gasteiger partial charge in [-0.05, 0) is 19.1 Å². The maximum atomic E-state index is 10.6. The highest BCUT2D eigenvalue weighted by atomic mass is 17.0. The summed E-state index contributed by atoms with van der Waals surface area (Å²) in [6, 6.07) is 0. The van der Waals surface area contributed by atoms with Gasteiger partial charge in [-0.25, -0.2) is 10.2 Å². The molecular weight excluding hydrogens is 194 g/mol. The molecule has 0 radical (unpaired) electrons. The molecule has 0 amide bonds. The molecule has 15 heavy (non-hydrogen) atoms. The van der Waals surface area contributed by atoms with Crippen molar-refractivity contribution in [3.8, 4) is 0 Å². The van der Waals surface area contributed by atoms with E-state index < -0.39 is 5.54 Å². The molecule has 5 heteroatoms. The zero-order valence-corrected chi connectivity index (χ0v) is 9.15. The van der Waals surface area contributed by atoms with Crippen LogP contribution in [0.4, 0.5) is 0 Å². The molecule has 5 nitrogen and oxygen atoms in total. The Hall–Kier alpha value is -1.14. The molecule has 0 aliphatic heterocycles. The number of hydroxylamine groups is 3. The van der Waals surface area contributed by atoms with Crippen molar-refractivity contribution in [2.45, 2.75) is 12.5 Å². The van der Waals surface area contributed by atoms with Gasteiger partial charge in [0.1, 0.15) is 0 Å². The van der Waals surface area contributed by atoms with Crippen LogP contribution in [0.1, 0.15) is 6.92 Å². The minimum atomic E-state index is -0.492. The predicted molar refractivity (Wildman–Crippen MR) is 59.2 cm³/mol. The molecule has 0 heterocycles. The predicted octanol–water partition coefficient (Wildman–Crippen LogP) is 0.840. The second kappa shape index (κ2) is 5.09. The normalized spacial score (nSPS) is 25.3. The number of rotatable bonds is 4. The SMILES string of the molecule is CNC1=CC=CC(C)(NON(C)[O-])C=C1. The Labute approximate surface area is 89.6 Å². The van der Waals surface area contributed by atoms with Crippen LogP contribution in [-0.2, 0) is 4.94 Å². The lowest BCUT2D eigenvalue weighted by Crippen LogP contribution is -2.41. The summed E-state index contributed by atoms with van der Waals surface area (Å²) >= 11 is 0. The van der Waals surface area contributed by atoms with Crippen molar-refractivity contribution in [2.75, 3.05) is 14.1 Å². The summed E-state index contributed by atoms with van der Waals surface area (Å²) in [5.41, 5.74) is 3.16. The van der Waals surface area contributed by atoms with Crippen LogP contribution < -0.4 is 10.8 Å². The van der Waals surface area contributed by atoms with E-state index in [0.717, 1.165) is 5.70 Å². The Balaban J connectivity index is 2.64. The third-order valence-electron chi connectivity index (χ3n) is 2.01. The Bertz CT molecular complexity index is 297. The van der Waals surface area contributed by atoms with Gasteiger partial charge in [-0.3, -0.25) is 0 Å². The fraction of sp³-hybridized carbons (Fsp3) is 0.400. The Morgan fingerprint density at radius 1 is 1.47 bits per heavy atom. The van der Waals surface area contributed by atoms with Crippen LogP contribution in [0.15, 0.2) is 36.1 Å². The van der Waals surface area contributed by atoms with Gasteiger partial charge in [0.2, 0.25) is 0 Å². The third-order valence-corrected chi connectivity index (χ3v) is 2.01. The number of allylic oxidation sites excluding steroid dienone is 3. The molecule has 0 aromatic rings. The molecule has 1 unspecified atom stereocenters. The lowest BCUT2D eigenvalue weighted by Gasteiger charge is -2.28. The molecule has 84 valence electrons. The van der Waals surface area contributed by atoms with Crippen LogP contribution in [0.25, 0.3) is 0 Å². The van der Waals surface area contributed by atoms with E-state index in [9.17, 15) is 5.21 Å². The average molecular weight is 210 g/mol. The van der Waals surface area contributed by atoms with Gasteiger partial charge in [0.15, 0.2) is 0 Å². The molecule has 0 spiro atoms. The first-order chi connectivity index (χ1) is 7.06. The second-order valence-electron chi connectivity index (χ2n) is 3.48. The van der Waals surface area contributed by atoms with E-state index >= 15 is 0 Å². The quantitative estimate of drug-likeness (QED) is 0.673. The first kappa shape index (κ1) is 11.9. The number of hydrogen-bond donors (Lipinski definition) is 2. The van der Waals surface area contributed by atoms with Gasteiger partial charge in [0, 0.05) is 19.8 Å². The fourth-order valence-electron chi connectivity index (χ4n) is 1.12. The van der Waals surface area contributed by atoms with Crippen LogP contribution in [0.3, 0.4) is 0 Å². The van der Waals surface area contributed by atoms with E-state index in [4.69, 9.17) is 4.94 Å². The smallest absolute Gasteiger partial charge is 0.0789 e. The molecular formula is C10H16N3O2-. The van der Waals surface area contributed by atoms with Gasteiger partial charge in [-0.15, -0.1) is 0 Å². The van der Waals surface area contributed by atoms with E-state index in [1.165, 1.54) is 7.05 Å². The van der Waals surface area contributed by atoms with Gasteiger partial charge >= 0.3 is 0 Å². The van der Waals surface area contributed by atoms with Crippen LogP contribution in [-0.4, -0.2) is 24.9 Å². The van der Waals surface area contributed by atoms with Gasteiger partial charge in [0.05, 0.1) is 5.54 Å². The maximum Gasteiger partial charge on any atom is 0.0789 e. The minimum Gasteiger partial charge on any atom is -0.761 e. The highest BCUT2D eigenvalue weighted by Crippen LogP contribution is 2.13. The third kappa shape index (κ3) is 3.85. The molecule has 1 atom stereocenters. The highest BCUT2D eigenvalue weighted by molar-refractivity contribution is 5.32. The fourth-order valence-corrected chi connectivity index (χ4v) is 1.12. The number of hydrogen-bond acceptors (Lipinski definition) is 5. The summed E-state index contributed by atoms with van der Waals surface area (Å²) in [5.74, 6) is 0. The molecule has 0 fully saturated rings. The first-order valence-corrected chi connectivity index (χ1v) is 4.67. The molecule has 0 aromatic carbocycles. The molecule has 0 saturated carbocycles. The molecule has 1 aliphatic carbocycles. The molecule has 2 N–H and O–H groups in total. The summed E-state index contributed by atoms with van der Waals surface area (Å²) < 4.78 is 0. The number of nitrogens with zero attached hydrogens (tertiary/aromatic N) is 1. The Morgan fingerprint density at radius 2 is 2.20 bits per heavy atom. The van der Waals surface area contributed by atoms with E-state index in [2.05, 4.69) is 10.8 Å². The summed E-state index contributed by atoms with van der Waals surface area (Å²) in [6.45, 7) is 1.90. The molecule has 0 saturated heterocycles. The maximum absolute atomic E-state index is 10.6. The average Bonchev–Trinajstić information content (AvgIpc) is 2.38. The summed E-state index contributed by atoms with van der Waals surface area (Å²) in [5, 5.41) is 14.0. The lowest BCUT2D eigenvalue weighted by atomic mass is 10.0. The Morgan fingerprint density at radius 3 is 2.80 bits per heavy atom. The van der Waals surface area contributed by atoms with Gasteiger partial charge in [-0.1, -0.05) is 18.2 Å². The standard InChI is InChI=1S/C10H16N3O2/c1-10(12-15-13(3)14)7-4-5-9(11-2)6-8-10/h4-8,11-12H,1-3H3/q-1. The number of nitrogens with one attached hydrogen (secondary N) is 2. The summed E-state index contributed by atoms with van der Waals surface area (Å²) in [6.07, 6.45) is 9.55. The largest absolute Gasteiger partial charge is 0.761 e. The van der Waals surface area contributed by atoms with Crippen LogP contribution in [0, 0.1) is 5.21 Å². The zero-order chi connectivity index (χ0) is 11.3. The molecule has 0 bridgehead atoms. The molecule has 0 aromatic heterocycles. The van der Waals surface area contributed by atoms with Gasteiger partial charge < -0.3 is 10.5 Å². The van der Waals surface area contributed by atoms with Gasteiger partial charge in [0.25, 0.3) is 0 Å². The summed E-state index contributed by atoms with van der Waals surface area (Å²) in [7, 11) is 3.12. The first-order valence-electron chi connectivity index (χ1n) is 4.67. The van der Waals surface area contributed by atoms with E-state index in [-0.39, 0.29) is 0 Å². The monoisotopic (exact) mass is 210 g/mol. The molecule has 1 rings (SSSR count). The van der Waals surface area contributed by atoms with Crippen LogP contribution >= 0.6 is 0 Å². The van der Waals surface area contributed by atoms with E-state index in [1.807, 2.05) is 44.4 Å². The second-order valence-corrected chi connectivity index (χ2v) is 3.48. The minimum absolute atomic E-state index is 0.365. The van der Waals surface area contributed by atoms with Crippen LogP contribution in [0.5, 0.6) is 0 Å². The molecule has 1 aliphatic rings. The van der Waals surface area contributed by atoms with E-state index in [1.54, 1.807) is 0 Å². The zero-order valence-electron chi connectivity index (χ0n) is 9.15. The summed E-state index contributed by atoms with van der Waals surface area (Å²) in [4.78, 5) is 4.69. The van der Waals surface area contributed by atoms with Crippen molar-refractivity contribution in [3.05, 3.63) is 41.3 Å².